The van der Waals surface area contributed by atoms with Crippen molar-refractivity contribution < 1.29 is 13.9 Å². The first kappa shape index (κ1) is 21.9. The third-order valence-corrected chi connectivity index (χ3v) is 6.02. The molecule has 4 nitrogen and oxygen atoms in total. The fourth-order valence-corrected chi connectivity index (χ4v) is 4.48. The maximum absolute atomic E-state index is 13.9. The number of aryl methyl sites for hydroxylation is 1. The molecule has 3 aromatic heterocycles. The van der Waals surface area contributed by atoms with E-state index in [0.29, 0.717) is 16.9 Å². The predicted molar refractivity (Wildman–Crippen MR) is 130 cm³/mol. The van der Waals surface area contributed by atoms with E-state index in [1.165, 1.54) is 24.3 Å². The van der Waals surface area contributed by atoms with Gasteiger partial charge in [0.1, 0.15) is 11.6 Å². The van der Waals surface area contributed by atoms with Crippen molar-refractivity contribution in [3.8, 4) is 33.5 Å². The van der Waals surface area contributed by atoms with Gasteiger partial charge >= 0.3 is 0 Å². The SMILES string of the molecule is Cn1c(C(C)(C)O)cc2nc(-c3ccc(F)cc3)c(-c3ccncc3)c(-c3ccc(F)cc3)c21. The normalized spacial score (nSPS) is 11.8. The first-order chi connectivity index (χ1) is 16.2. The van der Waals surface area contributed by atoms with Gasteiger partial charge in [0.2, 0.25) is 0 Å². The van der Waals surface area contributed by atoms with Crippen molar-refractivity contribution in [1.29, 1.82) is 0 Å². The van der Waals surface area contributed by atoms with Crippen molar-refractivity contribution in [3.05, 3.63) is 96.5 Å². The van der Waals surface area contributed by atoms with Gasteiger partial charge in [0.25, 0.3) is 0 Å². The van der Waals surface area contributed by atoms with Crippen LogP contribution in [0.25, 0.3) is 44.5 Å². The number of nitrogens with zero attached hydrogens (tertiary/aromatic N) is 3. The zero-order valence-electron chi connectivity index (χ0n) is 19.1. The predicted octanol–water partition coefficient (Wildman–Crippen LogP) is 6.47. The summed E-state index contributed by atoms with van der Waals surface area (Å²) in [6.07, 6.45) is 3.41. The molecule has 0 bridgehead atoms. The van der Waals surface area contributed by atoms with Gasteiger partial charge in [-0.25, -0.2) is 13.8 Å². The number of pyridine rings is 2. The van der Waals surface area contributed by atoms with Crippen LogP contribution in [0.2, 0.25) is 0 Å². The number of halogens is 2. The van der Waals surface area contributed by atoms with Gasteiger partial charge in [-0.3, -0.25) is 4.98 Å². The van der Waals surface area contributed by atoms with Gasteiger partial charge in [0, 0.05) is 36.1 Å². The van der Waals surface area contributed by atoms with Crippen LogP contribution >= 0.6 is 0 Å². The van der Waals surface area contributed by atoms with Crippen LogP contribution in [0.4, 0.5) is 8.78 Å². The molecule has 0 saturated heterocycles. The number of hydrogen-bond acceptors (Lipinski definition) is 3. The van der Waals surface area contributed by atoms with E-state index >= 15 is 0 Å². The van der Waals surface area contributed by atoms with Crippen molar-refractivity contribution in [3.63, 3.8) is 0 Å². The summed E-state index contributed by atoms with van der Waals surface area (Å²) in [6.45, 7) is 3.45. The van der Waals surface area contributed by atoms with Crippen molar-refractivity contribution in [2.75, 3.05) is 0 Å². The minimum absolute atomic E-state index is 0.331. The van der Waals surface area contributed by atoms with E-state index in [9.17, 15) is 13.9 Å². The molecule has 0 aliphatic carbocycles. The molecule has 34 heavy (non-hydrogen) atoms. The van der Waals surface area contributed by atoms with E-state index < -0.39 is 5.60 Å². The first-order valence-electron chi connectivity index (χ1n) is 10.9. The highest BCUT2D eigenvalue weighted by atomic mass is 19.1. The topological polar surface area (TPSA) is 50.9 Å². The Hall–Kier alpha value is -3.90. The Bertz CT molecular complexity index is 1480. The number of aromatic nitrogens is 3. The van der Waals surface area contributed by atoms with Gasteiger partial charge in [-0.2, -0.15) is 0 Å². The lowest BCUT2D eigenvalue weighted by molar-refractivity contribution is 0.0712. The van der Waals surface area contributed by atoms with Gasteiger partial charge in [0.15, 0.2) is 0 Å². The molecular formula is C28H23F2N3O. The zero-order valence-corrected chi connectivity index (χ0v) is 19.1. The Kier molecular flexibility index (Phi) is 5.25. The molecular weight excluding hydrogens is 432 g/mol. The fraction of sp³-hybridized carbons (Fsp3) is 0.143. The Balaban J connectivity index is 1.99. The molecule has 0 radical (unpaired) electrons. The van der Waals surface area contributed by atoms with Gasteiger partial charge < -0.3 is 9.67 Å². The van der Waals surface area contributed by atoms with E-state index in [2.05, 4.69) is 4.98 Å². The lowest BCUT2D eigenvalue weighted by Gasteiger charge is -2.20. The van der Waals surface area contributed by atoms with E-state index in [-0.39, 0.29) is 11.6 Å². The lowest BCUT2D eigenvalue weighted by Crippen LogP contribution is -2.19. The summed E-state index contributed by atoms with van der Waals surface area (Å²) >= 11 is 0. The average Bonchev–Trinajstić information content (AvgIpc) is 3.16. The Morgan fingerprint density at radius 1 is 0.765 bits per heavy atom. The minimum Gasteiger partial charge on any atom is -0.384 e. The monoisotopic (exact) mass is 455 g/mol. The van der Waals surface area contributed by atoms with Crippen LogP contribution in [0.1, 0.15) is 19.5 Å². The smallest absolute Gasteiger partial charge is 0.123 e. The second-order valence-corrected chi connectivity index (χ2v) is 8.84. The molecule has 0 aliphatic heterocycles. The molecule has 2 aromatic carbocycles. The van der Waals surface area contributed by atoms with Crippen LogP contribution in [0.5, 0.6) is 0 Å². The lowest BCUT2D eigenvalue weighted by atomic mass is 9.90. The molecule has 0 saturated carbocycles. The molecule has 3 heterocycles. The molecule has 5 rings (SSSR count). The molecule has 0 unspecified atom stereocenters. The summed E-state index contributed by atoms with van der Waals surface area (Å²) in [5, 5.41) is 10.8. The summed E-state index contributed by atoms with van der Waals surface area (Å²) < 4.78 is 29.6. The Morgan fingerprint density at radius 3 is 1.85 bits per heavy atom. The number of benzene rings is 2. The van der Waals surface area contributed by atoms with Crippen LogP contribution in [-0.2, 0) is 12.6 Å². The highest BCUT2D eigenvalue weighted by molar-refractivity contribution is 6.06. The molecule has 170 valence electrons. The number of rotatable bonds is 4. The van der Waals surface area contributed by atoms with Crippen LogP contribution < -0.4 is 0 Å². The quantitative estimate of drug-likeness (QED) is 0.338. The Labute approximate surface area is 196 Å². The molecule has 5 aromatic rings. The molecule has 0 fully saturated rings. The standard InChI is InChI=1S/C28H23F2N3O/c1-28(2,34)23-16-22-27(33(23)3)25(17-4-8-20(29)9-5-17)24(18-12-14-31-15-13-18)26(32-22)19-6-10-21(30)11-7-19/h4-16,34H,1-3H3. The van der Waals surface area contributed by atoms with Crippen LogP contribution in [0, 0.1) is 11.6 Å². The van der Waals surface area contributed by atoms with E-state index in [0.717, 1.165) is 33.3 Å². The number of fused-ring (bicyclic) bond motifs is 1. The minimum atomic E-state index is -1.11. The van der Waals surface area contributed by atoms with Crippen molar-refractivity contribution >= 4 is 11.0 Å². The van der Waals surface area contributed by atoms with E-state index in [1.54, 1.807) is 50.5 Å². The maximum atomic E-state index is 13.9. The van der Waals surface area contributed by atoms with Crippen molar-refractivity contribution in [2.24, 2.45) is 7.05 Å². The summed E-state index contributed by atoms with van der Waals surface area (Å²) in [6, 6.07) is 18.2. The molecule has 0 aliphatic rings. The average molecular weight is 456 g/mol. The third-order valence-electron chi connectivity index (χ3n) is 6.02. The second-order valence-electron chi connectivity index (χ2n) is 8.84. The number of hydrogen-bond donors (Lipinski definition) is 1. The number of aliphatic hydroxyl groups is 1. The first-order valence-corrected chi connectivity index (χ1v) is 10.9. The largest absolute Gasteiger partial charge is 0.384 e. The highest BCUT2D eigenvalue weighted by Gasteiger charge is 2.27. The van der Waals surface area contributed by atoms with Crippen molar-refractivity contribution in [2.45, 2.75) is 19.4 Å². The molecule has 0 amide bonds. The molecule has 1 N–H and O–H groups in total. The fourth-order valence-electron chi connectivity index (χ4n) is 4.48. The van der Waals surface area contributed by atoms with Crippen molar-refractivity contribution in [1.82, 2.24) is 14.5 Å². The zero-order chi connectivity index (χ0) is 24.0. The van der Waals surface area contributed by atoms with Crippen LogP contribution in [0.3, 0.4) is 0 Å². The van der Waals surface area contributed by atoms with Gasteiger partial charge in [-0.15, -0.1) is 0 Å². The van der Waals surface area contributed by atoms with Gasteiger partial charge in [-0.05, 0) is 79.6 Å². The maximum Gasteiger partial charge on any atom is 0.123 e. The summed E-state index contributed by atoms with van der Waals surface area (Å²) in [7, 11) is 1.89. The van der Waals surface area contributed by atoms with Gasteiger partial charge in [-0.1, -0.05) is 12.1 Å². The molecule has 0 atom stereocenters. The molecule has 0 spiro atoms. The Morgan fingerprint density at radius 2 is 1.29 bits per heavy atom. The highest BCUT2D eigenvalue weighted by Crippen LogP contribution is 2.44. The third kappa shape index (κ3) is 3.76. The van der Waals surface area contributed by atoms with Gasteiger partial charge in [0.05, 0.1) is 28.0 Å². The van der Waals surface area contributed by atoms with Crippen LogP contribution in [0.15, 0.2) is 79.1 Å². The van der Waals surface area contributed by atoms with Crippen LogP contribution in [-0.4, -0.2) is 19.6 Å². The van der Waals surface area contributed by atoms with E-state index in [4.69, 9.17) is 4.98 Å². The summed E-state index contributed by atoms with van der Waals surface area (Å²) in [5.74, 6) is -0.666. The summed E-state index contributed by atoms with van der Waals surface area (Å²) in [4.78, 5) is 9.16. The van der Waals surface area contributed by atoms with E-state index in [1.807, 2.05) is 29.8 Å². The molecule has 6 heteroatoms. The second kappa shape index (κ2) is 8.15. The summed E-state index contributed by atoms with van der Waals surface area (Å²) in [5.41, 5.74) is 5.79.